The average molecular weight is 349 g/mol. The van der Waals surface area contributed by atoms with Crippen LogP contribution in [-0.2, 0) is 13.0 Å². The molecule has 6 nitrogen and oxygen atoms in total. The van der Waals surface area contributed by atoms with E-state index in [1.165, 1.54) is 6.26 Å². The highest BCUT2D eigenvalue weighted by Crippen LogP contribution is 2.31. The van der Waals surface area contributed by atoms with Gasteiger partial charge in [-0.3, -0.25) is 0 Å². The minimum absolute atomic E-state index is 0.243. The molecule has 0 unspecified atom stereocenters. The van der Waals surface area contributed by atoms with Gasteiger partial charge >= 0.3 is 6.03 Å². The van der Waals surface area contributed by atoms with Crippen LogP contribution >= 0.6 is 0 Å². The van der Waals surface area contributed by atoms with E-state index in [0.717, 1.165) is 16.7 Å². The summed E-state index contributed by atoms with van der Waals surface area (Å²) < 4.78 is 5.46. The smallest absolute Gasteiger partial charge is 0.315 e. The third-order valence-electron chi connectivity index (χ3n) is 4.49. The van der Waals surface area contributed by atoms with E-state index in [9.17, 15) is 9.90 Å². The molecule has 0 saturated carbocycles. The van der Waals surface area contributed by atoms with Crippen molar-refractivity contribution in [2.45, 2.75) is 25.1 Å². The molecular formula is C20H19N3O3. The van der Waals surface area contributed by atoms with E-state index < -0.39 is 12.1 Å². The van der Waals surface area contributed by atoms with Crippen molar-refractivity contribution >= 4 is 6.03 Å². The molecule has 0 radical (unpaired) electrons. The van der Waals surface area contributed by atoms with Crippen LogP contribution in [0.3, 0.4) is 0 Å². The van der Waals surface area contributed by atoms with Gasteiger partial charge in [0.15, 0.2) is 0 Å². The van der Waals surface area contributed by atoms with E-state index >= 15 is 0 Å². The maximum absolute atomic E-state index is 12.2. The number of hydrogen-bond donors (Lipinski definition) is 3. The maximum atomic E-state index is 12.2. The lowest BCUT2D eigenvalue weighted by Gasteiger charge is -2.18. The summed E-state index contributed by atoms with van der Waals surface area (Å²) in [6, 6.07) is 16.6. The molecule has 0 saturated heterocycles. The van der Waals surface area contributed by atoms with Crippen molar-refractivity contribution in [3.8, 4) is 11.5 Å². The van der Waals surface area contributed by atoms with Crippen molar-refractivity contribution in [1.29, 1.82) is 0 Å². The Balaban J connectivity index is 1.36. The van der Waals surface area contributed by atoms with Gasteiger partial charge in [-0.25, -0.2) is 9.78 Å². The summed E-state index contributed by atoms with van der Waals surface area (Å²) in [5.74, 6) is 0.517. The number of aliphatic hydroxyl groups excluding tert-OH is 1. The Bertz CT molecular complexity index is 907. The van der Waals surface area contributed by atoms with E-state index in [-0.39, 0.29) is 12.6 Å². The zero-order valence-electron chi connectivity index (χ0n) is 14.1. The first-order chi connectivity index (χ1) is 12.7. The van der Waals surface area contributed by atoms with Crippen LogP contribution in [0.5, 0.6) is 0 Å². The molecule has 1 aliphatic carbocycles. The molecular weight excluding hydrogens is 330 g/mol. The lowest BCUT2D eigenvalue weighted by molar-refractivity contribution is 0.142. The van der Waals surface area contributed by atoms with Gasteiger partial charge in [0.25, 0.3) is 0 Å². The molecule has 2 atom stereocenters. The van der Waals surface area contributed by atoms with Crippen molar-refractivity contribution in [3.05, 3.63) is 77.7 Å². The van der Waals surface area contributed by atoms with Gasteiger partial charge in [-0.05, 0) is 23.3 Å². The molecule has 4 rings (SSSR count). The largest absolute Gasteiger partial charge is 0.444 e. The molecule has 0 aliphatic heterocycles. The first-order valence-electron chi connectivity index (χ1n) is 8.51. The molecule has 2 amide bonds. The van der Waals surface area contributed by atoms with Crippen LogP contribution in [0.4, 0.5) is 4.79 Å². The van der Waals surface area contributed by atoms with Crippen molar-refractivity contribution in [1.82, 2.24) is 15.6 Å². The van der Waals surface area contributed by atoms with Gasteiger partial charge < -0.3 is 20.2 Å². The van der Waals surface area contributed by atoms with Crippen LogP contribution in [0.25, 0.3) is 11.5 Å². The summed E-state index contributed by atoms with van der Waals surface area (Å²) in [6.07, 6.45) is 1.46. The van der Waals surface area contributed by atoms with Gasteiger partial charge in [0.2, 0.25) is 5.89 Å². The predicted octanol–water partition coefficient (Wildman–Crippen LogP) is 2.80. The molecule has 0 bridgehead atoms. The average Bonchev–Trinajstić information content (AvgIpc) is 3.26. The Morgan fingerprint density at radius 3 is 2.77 bits per heavy atom. The number of nitrogens with zero attached hydrogens (tertiary/aromatic N) is 1. The number of carbonyl (C=O) groups excluding carboxylic acids is 1. The molecule has 1 aromatic heterocycles. The summed E-state index contributed by atoms with van der Waals surface area (Å²) in [7, 11) is 0. The van der Waals surface area contributed by atoms with Gasteiger partial charge in [-0.15, -0.1) is 0 Å². The SMILES string of the molecule is O=C(NCc1coc(-c2ccccc2)n1)N[C@H]1c2ccccc2C[C@H]1O. The summed E-state index contributed by atoms with van der Waals surface area (Å²) in [5, 5.41) is 15.8. The number of rotatable bonds is 4. The second-order valence-corrected chi connectivity index (χ2v) is 6.28. The second-order valence-electron chi connectivity index (χ2n) is 6.28. The first-order valence-corrected chi connectivity index (χ1v) is 8.51. The fraction of sp³-hybridized carbons (Fsp3) is 0.200. The number of amides is 2. The summed E-state index contributed by atoms with van der Waals surface area (Å²) in [5.41, 5.74) is 3.54. The second kappa shape index (κ2) is 7.01. The molecule has 2 aromatic carbocycles. The molecule has 0 fully saturated rings. The highest BCUT2D eigenvalue weighted by Gasteiger charge is 2.31. The molecule has 1 aliphatic rings. The van der Waals surface area contributed by atoms with E-state index in [1.807, 2.05) is 54.6 Å². The number of aliphatic hydroxyl groups is 1. The summed E-state index contributed by atoms with van der Waals surface area (Å²) in [4.78, 5) is 16.6. The Labute approximate surface area is 150 Å². The minimum Gasteiger partial charge on any atom is -0.444 e. The zero-order valence-corrected chi connectivity index (χ0v) is 14.1. The number of carbonyl (C=O) groups is 1. The van der Waals surface area contributed by atoms with Crippen LogP contribution in [0.1, 0.15) is 22.9 Å². The fourth-order valence-corrected chi connectivity index (χ4v) is 3.21. The number of fused-ring (bicyclic) bond motifs is 1. The van der Waals surface area contributed by atoms with Gasteiger partial charge in [0, 0.05) is 12.0 Å². The molecule has 0 spiro atoms. The fourth-order valence-electron chi connectivity index (χ4n) is 3.21. The summed E-state index contributed by atoms with van der Waals surface area (Å²) >= 11 is 0. The van der Waals surface area contributed by atoms with Gasteiger partial charge in [-0.1, -0.05) is 42.5 Å². The Morgan fingerprint density at radius 2 is 1.92 bits per heavy atom. The monoisotopic (exact) mass is 349 g/mol. The standard InChI is InChI=1S/C20H19N3O3/c24-17-10-14-8-4-5-9-16(14)18(17)23-20(25)21-11-15-12-26-19(22-15)13-6-2-1-3-7-13/h1-9,12,17-18,24H,10-11H2,(H2,21,23,25)/t17-,18+/m1/s1. The maximum Gasteiger partial charge on any atom is 0.315 e. The zero-order chi connectivity index (χ0) is 17.9. The lowest BCUT2D eigenvalue weighted by atomic mass is 10.1. The number of urea groups is 1. The number of hydrogen-bond acceptors (Lipinski definition) is 4. The molecule has 3 N–H and O–H groups in total. The van der Waals surface area contributed by atoms with Gasteiger partial charge in [0.1, 0.15) is 6.26 Å². The number of oxazole rings is 1. The third kappa shape index (κ3) is 3.32. The van der Waals surface area contributed by atoms with E-state index in [0.29, 0.717) is 18.0 Å². The number of aromatic nitrogens is 1. The molecule has 132 valence electrons. The highest BCUT2D eigenvalue weighted by molar-refractivity contribution is 5.74. The minimum atomic E-state index is -0.616. The Kier molecular flexibility index (Phi) is 4.41. The first kappa shape index (κ1) is 16.4. The molecule has 3 aromatic rings. The third-order valence-corrected chi connectivity index (χ3v) is 4.49. The van der Waals surface area contributed by atoms with Crippen LogP contribution < -0.4 is 10.6 Å². The van der Waals surface area contributed by atoms with Crippen LogP contribution in [-0.4, -0.2) is 22.2 Å². The van der Waals surface area contributed by atoms with Gasteiger partial charge in [-0.2, -0.15) is 0 Å². The Morgan fingerprint density at radius 1 is 1.15 bits per heavy atom. The predicted molar refractivity (Wildman–Crippen MR) is 96.2 cm³/mol. The molecule has 1 heterocycles. The Hall–Kier alpha value is -3.12. The number of nitrogens with one attached hydrogen (secondary N) is 2. The normalized spacial score (nSPS) is 18.3. The van der Waals surface area contributed by atoms with Crippen molar-refractivity contribution in [2.24, 2.45) is 0 Å². The van der Waals surface area contributed by atoms with Crippen LogP contribution in [0.2, 0.25) is 0 Å². The molecule has 26 heavy (non-hydrogen) atoms. The quantitative estimate of drug-likeness (QED) is 0.676. The van der Waals surface area contributed by atoms with Crippen molar-refractivity contribution in [2.75, 3.05) is 0 Å². The van der Waals surface area contributed by atoms with Gasteiger partial charge in [0.05, 0.1) is 24.4 Å². The van der Waals surface area contributed by atoms with E-state index in [1.54, 1.807) is 0 Å². The molecule has 6 heteroatoms. The lowest BCUT2D eigenvalue weighted by Crippen LogP contribution is -2.40. The summed E-state index contributed by atoms with van der Waals surface area (Å²) in [6.45, 7) is 0.243. The number of benzene rings is 2. The van der Waals surface area contributed by atoms with Crippen molar-refractivity contribution in [3.63, 3.8) is 0 Å². The van der Waals surface area contributed by atoms with Crippen molar-refractivity contribution < 1.29 is 14.3 Å². The van der Waals surface area contributed by atoms with E-state index in [4.69, 9.17) is 4.42 Å². The topological polar surface area (TPSA) is 87.4 Å². The highest BCUT2D eigenvalue weighted by atomic mass is 16.3. The van der Waals surface area contributed by atoms with Crippen LogP contribution in [0.15, 0.2) is 65.3 Å². The van der Waals surface area contributed by atoms with E-state index in [2.05, 4.69) is 15.6 Å². The van der Waals surface area contributed by atoms with Crippen LogP contribution in [0, 0.1) is 0 Å².